The first-order chi connectivity index (χ1) is 11.3. The molecule has 0 saturated heterocycles. The first-order valence-electron chi connectivity index (χ1n) is 7.47. The molecule has 0 spiro atoms. The van der Waals surface area contributed by atoms with Gasteiger partial charge in [-0.15, -0.1) is 0 Å². The lowest BCUT2D eigenvalue weighted by molar-refractivity contribution is 0.0996. The average molecular weight is 371 g/mol. The summed E-state index contributed by atoms with van der Waals surface area (Å²) in [5.41, 5.74) is 0.977. The number of aryl methyl sites for hydroxylation is 1. The predicted octanol–water partition coefficient (Wildman–Crippen LogP) is 3.52. The van der Waals surface area contributed by atoms with E-state index < -0.39 is 15.9 Å². The smallest absolute Gasteiger partial charge is 0.291 e. The highest BCUT2D eigenvalue weighted by Gasteiger charge is 2.24. The van der Waals surface area contributed by atoms with Gasteiger partial charge in [-0.25, -0.2) is 8.42 Å². The Balaban J connectivity index is 2.33. The van der Waals surface area contributed by atoms with E-state index in [9.17, 15) is 13.2 Å². The molecule has 1 amide bonds. The van der Waals surface area contributed by atoms with Crippen molar-refractivity contribution in [3.05, 3.63) is 46.9 Å². The molecule has 0 aliphatic rings. The van der Waals surface area contributed by atoms with E-state index >= 15 is 0 Å². The summed E-state index contributed by atoms with van der Waals surface area (Å²) in [4.78, 5) is 12.3. The summed E-state index contributed by atoms with van der Waals surface area (Å²) in [5, 5.41) is 2.72. The van der Waals surface area contributed by atoms with Crippen LogP contribution in [0.1, 0.15) is 30.0 Å². The number of hydrogen-bond acceptors (Lipinski definition) is 4. The molecule has 0 unspecified atom stereocenters. The van der Waals surface area contributed by atoms with E-state index in [-0.39, 0.29) is 15.9 Å². The number of hydrogen-bond donors (Lipinski definition) is 1. The van der Waals surface area contributed by atoms with Gasteiger partial charge in [-0.05, 0) is 48.4 Å². The number of carbonyl (C=O) groups is 1. The van der Waals surface area contributed by atoms with Crippen LogP contribution in [0.3, 0.4) is 0 Å². The Labute approximate surface area is 146 Å². The number of amides is 1. The number of rotatable bonds is 6. The van der Waals surface area contributed by atoms with Crippen molar-refractivity contribution in [3.63, 3.8) is 0 Å². The van der Waals surface area contributed by atoms with E-state index in [0.717, 1.165) is 0 Å². The second kappa shape index (κ2) is 7.38. The van der Waals surface area contributed by atoms with Crippen molar-refractivity contribution in [2.24, 2.45) is 0 Å². The molecular formula is C16H19ClN2O4S. The van der Waals surface area contributed by atoms with E-state index in [0.29, 0.717) is 24.3 Å². The molecule has 6 nitrogen and oxygen atoms in total. The summed E-state index contributed by atoms with van der Waals surface area (Å²) in [7, 11) is -3.61. The van der Waals surface area contributed by atoms with Crippen LogP contribution in [0.2, 0.25) is 5.22 Å². The largest absolute Gasteiger partial charge is 0.440 e. The minimum atomic E-state index is -3.61. The van der Waals surface area contributed by atoms with Gasteiger partial charge in [-0.3, -0.25) is 4.79 Å². The fraction of sp³-hybridized carbons (Fsp3) is 0.312. The van der Waals surface area contributed by atoms with E-state index in [1.54, 1.807) is 32.9 Å². The SMILES string of the molecule is CCN(CC)S(=O)(=O)c1cc(NC(=O)c2ccc(Cl)o2)ccc1C. The van der Waals surface area contributed by atoms with Crippen molar-refractivity contribution in [3.8, 4) is 0 Å². The Morgan fingerprint density at radius 2 is 1.88 bits per heavy atom. The number of furan rings is 1. The normalized spacial score (nSPS) is 11.7. The molecular weight excluding hydrogens is 352 g/mol. The van der Waals surface area contributed by atoms with Crippen LogP contribution in [0.4, 0.5) is 5.69 Å². The summed E-state index contributed by atoms with van der Waals surface area (Å²) < 4.78 is 31.8. The molecule has 2 aromatic rings. The van der Waals surface area contributed by atoms with Gasteiger partial charge in [-0.2, -0.15) is 4.31 Å². The van der Waals surface area contributed by atoms with Crippen LogP contribution < -0.4 is 5.32 Å². The zero-order chi connectivity index (χ0) is 17.9. The molecule has 0 bridgehead atoms. The van der Waals surface area contributed by atoms with Crippen molar-refractivity contribution >= 4 is 33.2 Å². The standard InChI is InChI=1S/C16H19ClN2O4S/c1-4-19(5-2)24(21,22)14-10-12(7-6-11(14)3)18-16(20)13-8-9-15(17)23-13/h6-10H,4-5H2,1-3H3,(H,18,20). The zero-order valence-corrected chi connectivity index (χ0v) is 15.2. The topological polar surface area (TPSA) is 79.6 Å². The Kier molecular flexibility index (Phi) is 5.69. The lowest BCUT2D eigenvalue weighted by Crippen LogP contribution is -2.31. The highest BCUT2D eigenvalue weighted by atomic mass is 35.5. The van der Waals surface area contributed by atoms with E-state index in [1.165, 1.54) is 22.5 Å². The Morgan fingerprint density at radius 1 is 1.21 bits per heavy atom. The van der Waals surface area contributed by atoms with Gasteiger partial charge >= 0.3 is 0 Å². The number of anilines is 1. The minimum Gasteiger partial charge on any atom is -0.440 e. The fourth-order valence-corrected chi connectivity index (χ4v) is 4.14. The molecule has 8 heteroatoms. The van der Waals surface area contributed by atoms with Gasteiger partial charge in [0.15, 0.2) is 11.0 Å². The second-order valence-corrected chi connectivity index (χ2v) is 7.41. The number of benzene rings is 1. The number of sulfonamides is 1. The molecule has 130 valence electrons. The molecule has 0 aliphatic heterocycles. The summed E-state index contributed by atoms with van der Waals surface area (Å²) in [6, 6.07) is 7.65. The van der Waals surface area contributed by atoms with Crippen LogP contribution in [-0.4, -0.2) is 31.7 Å². The van der Waals surface area contributed by atoms with Gasteiger partial charge in [0, 0.05) is 18.8 Å². The van der Waals surface area contributed by atoms with Gasteiger partial charge in [0.1, 0.15) is 0 Å². The lowest BCUT2D eigenvalue weighted by Gasteiger charge is -2.20. The first kappa shape index (κ1) is 18.5. The first-order valence-corrected chi connectivity index (χ1v) is 9.28. The van der Waals surface area contributed by atoms with Crippen molar-refractivity contribution < 1.29 is 17.6 Å². The molecule has 2 rings (SSSR count). The third-order valence-corrected chi connectivity index (χ3v) is 5.96. The van der Waals surface area contributed by atoms with Gasteiger partial charge in [0.2, 0.25) is 10.0 Å². The second-order valence-electron chi connectivity index (χ2n) is 5.13. The van der Waals surface area contributed by atoms with Gasteiger partial charge in [0.05, 0.1) is 4.90 Å². The van der Waals surface area contributed by atoms with Gasteiger partial charge in [0.25, 0.3) is 5.91 Å². The monoisotopic (exact) mass is 370 g/mol. The third kappa shape index (κ3) is 3.80. The molecule has 0 radical (unpaired) electrons. The summed E-state index contributed by atoms with van der Waals surface area (Å²) in [5.74, 6) is -0.453. The van der Waals surface area contributed by atoms with Gasteiger partial charge in [-0.1, -0.05) is 19.9 Å². The Bertz CT molecular complexity index is 842. The molecule has 0 atom stereocenters. The highest BCUT2D eigenvalue weighted by molar-refractivity contribution is 7.89. The van der Waals surface area contributed by atoms with Crippen LogP contribution in [0.15, 0.2) is 39.6 Å². The van der Waals surface area contributed by atoms with Crippen molar-refractivity contribution in [1.82, 2.24) is 4.31 Å². The molecule has 0 saturated carbocycles. The summed E-state index contributed by atoms with van der Waals surface area (Å²) in [6.07, 6.45) is 0. The van der Waals surface area contributed by atoms with Crippen LogP contribution in [0.25, 0.3) is 0 Å². The maximum absolute atomic E-state index is 12.7. The predicted molar refractivity (Wildman–Crippen MR) is 93.0 cm³/mol. The van der Waals surface area contributed by atoms with Crippen LogP contribution in [0, 0.1) is 6.92 Å². The number of carbonyl (C=O) groups excluding carboxylic acids is 1. The molecule has 1 aromatic carbocycles. The third-order valence-electron chi connectivity index (χ3n) is 3.57. The van der Waals surface area contributed by atoms with E-state index in [2.05, 4.69) is 5.32 Å². The Morgan fingerprint density at radius 3 is 2.42 bits per heavy atom. The highest BCUT2D eigenvalue weighted by Crippen LogP contribution is 2.24. The molecule has 1 aromatic heterocycles. The molecule has 1 heterocycles. The van der Waals surface area contributed by atoms with Crippen molar-refractivity contribution in [2.45, 2.75) is 25.7 Å². The van der Waals surface area contributed by atoms with E-state index in [4.69, 9.17) is 16.0 Å². The van der Waals surface area contributed by atoms with Crippen LogP contribution in [-0.2, 0) is 10.0 Å². The maximum Gasteiger partial charge on any atom is 0.291 e. The molecule has 1 N–H and O–H groups in total. The van der Waals surface area contributed by atoms with E-state index in [1.807, 2.05) is 0 Å². The fourth-order valence-electron chi connectivity index (χ4n) is 2.29. The molecule has 24 heavy (non-hydrogen) atoms. The lowest BCUT2D eigenvalue weighted by atomic mass is 10.2. The molecule has 0 aliphatic carbocycles. The van der Waals surface area contributed by atoms with Crippen LogP contribution in [0.5, 0.6) is 0 Å². The average Bonchev–Trinajstić information content (AvgIpc) is 2.96. The van der Waals surface area contributed by atoms with Gasteiger partial charge < -0.3 is 9.73 Å². The molecule has 0 fully saturated rings. The van der Waals surface area contributed by atoms with Crippen molar-refractivity contribution in [2.75, 3.05) is 18.4 Å². The summed E-state index contributed by atoms with van der Waals surface area (Å²) in [6.45, 7) is 6.03. The maximum atomic E-state index is 12.7. The summed E-state index contributed by atoms with van der Waals surface area (Å²) >= 11 is 5.65. The Hall–Kier alpha value is -1.83. The zero-order valence-electron chi connectivity index (χ0n) is 13.7. The number of nitrogens with one attached hydrogen (secondary N) is 1. The van der Waals surface area contributed by atoms with Crippen molar-refractivity contribution in [1.29, 1.82) is 0 Å². The number of halogens is 1. The quantitative estimate of drug-likeness (QED) is 0.843. The van der Waals surface area contributed by atoms with Crippen LogP contribution >= 0.6 is 11.6 Å². The minimum absolute atomic E-state index is 0.0497. The number of nitrogens with zero attached hydrogens (tertiary/aromatic N) is 1.